The van der Waals surface area contributed by atoms with E-state index in [1.54, 1.807) is 0 Å². The number of morpholine rings is 1. The molecule has 0 radical (unpaired) electrons. The van der Waals surface area contributed by atoms with Gasteiger partial charge in [0, 0.05) is 26.2 Å². The maximum absolute atomic E-state index is 12.6. The first-order valence-electron chi connectivity index (χ1n) is 10.0. The van der Waals surface area contributed by atoms with Gasteiger partial charge in [-0.2, -0.15) is 0 Å². The number of aryl methyl sites for hydroxylation is 2. The minimum atomic E-state index is -0.160. The largest absolute Gasteiger partial charge is 0.394 e. The molecule has 2 saturated heterocycles. The lowest BCUT2D eigenvalue weighted by Crippen LogP contribution is -2.49. The SMILES string of the molecule is Cc1cccc(C)c1/C=C/C1CCN(C(=O)CN2CCOC(CO)C2)CC1. The van der Waals surface area contributed by atoms with Gasteiger partial charge in [0.25, 0.3) is 0 Å². The van der Waals surface area contributed by atoms with Gasteiger partial charge in [0.2, 0.25) is 5.91 Å². The van der Waals surface area contributed by atoms with Crippen molar-refractivity contribution in [3.63, 3.8) is 0 Å². The number of nitrogens with zero attached hydrogens (tertiary/aromatic N) is 2. The first-order chi connectivity index (χ1) is 13.1. The normalized spacial score (nSPS) is 22.5. The molecule has 5 nitrogen and oxygen atoms in total. The van der Waals surface area contributed by atoms with E-state index in [1.807, 2.05) is 4.90 Å². The first kappa shape index (κ1) is 20.1. The molecule has 1 aromatic carbocycles. The number of amides is 1. The molecule has 2 fully saturated rings. The molecular formula is C22H32N2O3. The van der Waals surface area contributed by atoms with E-state index in [2.05, 4.69) is 49.1 Å². The predicted molar refractivity (Wildman–Crippen MR) is 108 cm³/mol. The lowest BCUT2D eigenvalue weighted by molar-refractivity contribution is -0.136. The third-order valence-corrected chi connectivity index (χ3v) is 5.75. The Morgan fingerprint density at radius 2 is 1.93 bits per heavy atom. The Labute approximate surface area is 162 Å². The topological polar surface area (TPSA) is 53.0 Å². The number of carbonyl (C=O) groups excluding carboxylic acids is 1. The van der Waals surface area contributed by atoms with Crippen molar-refractivity contribution in [3.8, 4) is 0 Å². The highest BCUT2D eigenvalue weighted by atomic mass is 16.5. The van der Waals surface area contributed by atoms with Crippen LogP contribution in [-0.4, -0.2) is 72.9 Å². The van der Waals surface area contributed by atoms with Gasteiger partial charge in [-0.3, -0.25) is 9.69 Å². The van der Waals surface area contributed by atoms with E-state index < -0.39 is 0 Å². The van der Waals surface area contributed by atoms with E-state index in [1.165, 1.54) is 16.7 Å². The lowest BCUT2D eigenvalue weighted by atomic mass is 9.94. The number of aliphatic hydroxyl groups excluding tert-OH is 1. The Morgan fingerprint density at radius 1 is 1.22 bits per heavy atom. The number of hydrogen-bond donors (Lipinski definition) is 1. The molecule has 2 aliphatic rings. The monoisotopic (exact) mass is 372 g/mol. The van der Waals surface area contributed by atoms with E-state index in [0.717, 1.165) is 32.5 Å². The van der Waals surface area contributed by atoms with Crippen LogP contribution >= 0.6 is 0 Å². The maximum atomic E-state index is 12.6. The Hall–Kier alpha value is -1.69. The second kappa shape index (κ2) is 9.49. The van der Waals surface area contributed by atoms with Crippen molar-refractivity contribution in [3.05, 3.63) is 41.0 Å². The minimum absolute atomic E-state index is 0.0166. The van der Waals surface area contributed by atoms with Crippen LogP contribution in [0.25, 0.3) is 6.08 Å². The smallest absolute Gasteiger partial charge is 0.236 e. The van der Waals surface area contributed by atoms with Gasteiger partial charge in [-0.15, -0.1) is 0 Å². The maximum Gasteiger partial charge on any atom is 0.236 e. The molecular weight excluding hydrogens is 340 g/mol. The Morgan fingerprint density at radius 3 is 2.59 bits per heavy atom. The Bertz CT molecular complexity index is 645. The second-order valence-electron chi connectivity index (χ2n) is 7.79. The van der Waals surface area contributed by atoms with Crippen LogP contribution in [0.5, 0.6) is 0 Å². The number of rotatable bonds is 5. The van der Waals surface area contributed by atoms with Crippen LogP contribution < -0.4 is 0 Å². The standard InChI is InChI=1S/C22H32N2O3/c1-17-4-3-5-18(2)21(17)7-6-19-8-10-24(11-9-19)22(26)15-23-12-13-27-20(14-23)16-25/h3-7,19-20,25H,8-16H2,1-2H3/b7-6+. The highest BCUT2D eigenvalue weighted by Gasteiger charge is 2.26. The van der Waals surface area contributed by atoms with Crippen molar-refractivity contribution >= 4 is 12.0 Å². The second-order valence-corrected chi connectivity index (χ2v) is 7.79. The molecule has 5 heteroatoms. The molecule has 3 rings (SSSR count). The average Bonchev–Trinajstić information content (AvgIpc) is 2.68. The van der Waals surface area contributed by atoms with E-state index in [4.69, 9.17) is 4.74 Å². The summed E-state index contributed by atoms with van der Waals surface area (Å²) in [4.78, 5) is 16.7. The summed E-state index contributed by atoms with van der Waals surface area (Å²) < 4.78 is 5.45. The van der Waals surface area contributed by atoms with Gasteiger partial charge < -0.3 is 14.7 Å². The molecule has 1 aromatic rings. The Balaban J connectivity index is 1.47. The molecule has 0 aromatic heterocycles. The fourth-order valence-electron chi connectivity index (χ4n) is 3.99. The number of allylic oxidation sites excluding steroid dienone is 1. The van der Waals surface area contributed by atoms with Crippen LogP contribution in [0.4, 0.5) is 0 Å². The number of benzene rings is 1. The van der Waals surface area contributed by atoms with Crippen molar-refractivity contribution < 1.29 is 14.6 Å². The van der Waals surface area contributed by atoms with Gasteiger partial charge in [0.15, 0.2) is 0 Å². The summed E-state index contributed by atoms with van der Waals surface area (Å²) in [5, 5.41) is 9.23. The van der Waals surface area contributed by atoms with Gasteiger partial charge in [0.1, 0.15) is 0 Å². The molecule has 2 heterocycles. The van der Waals surface area contributed by atoms with Crippen molar-refractivity contribution in [1.82, 2.24) is 9.80 Å². The van der Waals surface area contributed by atoms with E-state index in [-0.39, 0.29) is 18.6 Å². The van der Waals surface area contributed by atoms with Gasteiger partial charge in [-0.05, 0) is 49.3 Å². The zero-order chi connectivity index (χ0) is 19.2. The number of carbonyl (C=O) groups is 1. The van der Waals surface area contributed by atoms with Gasteiger partial charge in [0.05, 0.1) is 25.9 Å². The molecule has 1 unspecified atom stereocenters. The summed E-state index contributed by atoms with van der Waals surface area (Å²) >= 11 is 0. The molecule has 0 bridgehead atoms. The number of hydrogen-bond acceptors (Lipinski definition) is 4. The predicted octanol–water partition coefficient (Wildman–Crippen LogP) is 2.25. The average molecular weight is 373 g/mol. The van der Waals surface area contributed by atoms with Gasteiger partial charge >= 0.3 is 0 Å². The molecule has 1 N–H and O–H groups in total. The van der Waals surface area contributed by atoms with Crippen LogP contribution in [0, 0.1) is 19.8 Å². The molecule has 148 valence electrons. The van der Waals surface area contributed by atoms with Crippen LogP contribution in [0.2, 0.25) is 0 Å². The van der Waals surface area contributed by atoms with Crippen LogP contribution in [0.15, 0.2) is 24.3 Å². The number of aliphatic hydroxyl groups is 1. The summed E-state index contributed by atoms with van der Waals surface area (Å²) in [6.45, 7) is 8.40. The first-order valence-corrected chi connectivity index (χ1v) is 10.0. The molecule has 0 spiro atoms. The van der Waals surface area contributed by atoms with Crippen LogP contribution in [0.1, 0.15) is 29.5 Å². The van der Waals surface area contributed by atoms with E-state index in [0.29, 0.717) is 25.6 Å². The molecule has 27 heavy (non-hydrogen) atoms. The molecule has 2 aliphatic heterocycles. The van der Waals surface area contributed by atoms with E-state index in [9.17, 15) is 9.90 Å². The fourth-order valence-corrected chi connectivity index (χ4v) is 3.99. The summed E-state index contributed by atoms with van der Waals surface area (Å²) in [6.07, 6.45) is 6.47. The third kappa shape index (κ3) is 5.41. The number of piperidine rings is 1. The van der Waals surface area contributed by atoms with Gasteiger partial charge in [-0.25, -0.2) is 0 Å². The molecule has 1 amide bonds. The highest BCUT2D eigenvalue weighted by molar-refractivity contribution is 5.78. The van der Waals surface area contributed by atoms with Crippen LogP contribution in [-0.2, 0) is 9.53 Å². The number of ether oxygens (including phenoxy) is 1. The number of likely N-dealkylation sites (tertiary alicyclic amines) is 1. The summed E-state index contributed by atoms with van der Waals surface area (Å²) in [5.74, 6) is 0.737. The van der Waals surface area contributed by atoms with Crippen molar-refractivity contribution in [2.24, 2.45) is 5.92 Å². The molecule has 1 atom stereocenters. The zero-order valence-electron chi connectivity index (χ0n) is 16.6. The third-order valence-electron chi connectivity index (χ3n) is 5.75. The Kier molecular flexibility index (Phi) is 7.05. The summed E-state index contributed by atoms with van der Waals surface area (Å²) in [5.41, 5.74) is 3.94. The van der Waals surface area contributed by atoms with Crippen molar-refractivity contribution in [1.29, 1.82) is 0 Å². The van der Waals surface area contributed by atoms with E-state index >= 15 is 0 Å². The van der Waals surface area contributed by atoms with Crippen molar-refractivity contribution in [2.75, 3.05) is 45.9 Å². The highest BCUT2D eigenvalue weighted by Crippen LogP contribution is 2.22. The minimum Gasteiger partial charge on any atom is -0.394 e. The molecule has 0 saturated carbocycles. The van der Waals surface area contributed by atoms with Gasteiger partial charge in [-0.1, -0.05) is 30.4 Å². The summed E-state index contributed by atoms with van der Waals surface area (Å²) in [7, 11) is 0. The zero-order valence-corrected chi connectivity index (χ0v) is 16.6. The van der Waals surface area contributed by atoms with Crippen LogP contribution in [0.3, 0.4) is 0 Å². The van der Waals surface area contributed by atoms with Crippen molar-refractivity contribution in [2.45, 2.75) is 32.8 Å². The lowest BCUT2D eigenvalue weighted by Gasteiger charge is -2.35. The molecule has 0 aliphatic carbocycles. The summed E-state index contributed by atoms with van der Waals surface area (Å²) in [6, 6.07) is 6.41. The fraction of sp³-hybridized carbons (Fsp3) is 0.591. The quantitative estimate of drug-likeness (QED) is 0.861.